The molecule has 0 saturated carbocycles. The molecule has 1 atom stereocenters. The molecule has 0 aromatic heterocycles. The largest absolute Gasteiger partial charge is 0.444 e. The minimum absolute atomic E-state index is 0.0954. The van der Waals surface area contributed by atoms with Gasteiger partial charge in [0, 0.05) is 0 Å². The number of hydrogen-bond acceptors (Lipinski definition) is 4. The van der Waals surface area contributed by atoms with E-state index < -0.39 is 25.6 Å². The second kappa shape index (κ2) is 7.53. The van der Waals surface area contributed by atoms with E-state index in [4.69, 9.17) is 9.16 Å². The molecule has 23 heavy (non-hydrogen) atoms. The molecule has 0 aliphatic heterocycles. The molecule has 2 N–H and O–H groups in total. The second-order valence-corrected chi connectivity index (χ2v) is 14.2. The predicted octanol–water partition coefficient (Wildman–Crippen LogP) is 4.06. The highest BCUT2D eigenvalue weighted by molar-refractivity contribution is 6.74. The van der Waals surface area contributed by atoms with Crippen LogP contribution in [0.25, 0.3) is 0 Å². The average molecular weight is 348 g/mol. The molecular weight excluding hydrogens is 310 g/mol. The lowest BCUT2D eigenvalue weighted by atomic mass is 10.00. The van der Waals surface area contributed by atoms with Gasteiger partial charge in [0.1, 0.15) is 5.60 Å². The van der Waals surface area contributed by atoms with E-state index in [0.717, 1.165) is 0 Å². The first-order valence-corrected chi connectivity index (χ1v) is 11.2. The Morgan fingerprint density at radius 3 is 1.91 bits per heavy atom. The molecule has 6 heteroatoms. The van der Waals surface area contributed by atoms with Crippen LogP contribution in [0, 0.1) is 0 Å². The Bertz CT molecular complexity index is 389. The molecular formula is C17H37NO4Si. The van der Waals surface area contributed by atoms with Crippen LogP contribution >= 0.6 is 0 Å². The summed E-state index contributed by atoms with van der Waals surface area (Å²) in [5.74, 6) is 0. The van der Waals surface area contributed by atoms with Crippen molar-refractivity contribution < 1.29 is 19.1 Å². The molecule has 0 spiro atoms. The fourth-order valence-corrected chi connectivity index (χ4v) is 2.81. The lowest BCUT2D eigenvalue weighted by Gasteiger charge is -2.38. The van der Waals surface area contributed by atoms with Crippen LogP contribution in [0.2, 0.25) is 18.1 Å². The molecule has 0 aromatic rings. The highest BCUT2D eigenvalue weighted by Gasteiger charge is 2.38. The lowest BCUT2D eigenvalue weighted by molar-refractivity contribution is 0.0330. The van der Waals surface area contributed by atoms with Crippen LogP contribution in [0.1, 0.15) is 61.8 Å². The smallest absolute Gasteiger partial charge is 0.407 e. The third-order valence-electron chi connectivity index (χ3n) is 3.92. The molecule has 0 unspecified atom stereocenters. The molecule has 0 bridgehead atoms. The molecule has 0 fully saturated rings. The molecule has 0 aliphatic rings. The minimum Gasteiger partial charge on any atom is -0.444 e. The molecule has 0 aromatic carbocycles. The van der Waals surface area contributed by atoms with E-state index in [1.165, 1.54) is 0 Å². The monoisotopic (exact) mass is 347 g/mol. The van der Waals surface area contributed by atoms with Crippen LogP contribution in [0.5, 0.6) is 0 Å². The number of amides is 1. The van der Waals surface area contributed by atoms with E-state index in [1.807, 2.05) is 20.8 Å². The van der Waals surface area contributed by atoms with Crippen LogP contribution in [-0.4, -0.2) is 43.4 Å². The van der Waals surface area contributed by atoms with Crippen molar-refractivity contribution in [1.82, 2.24) is 5.32 Å². The predicted molar refractivity (Wildman–Crippen MR) is 97.2 cm³/mol. The summed E-state index contributed by atoms with van der Waals surface area (Å²) < 4.78 is 11.5. The highest BCUT2D eigenvalue weighted by atomic mass is 28.4. The molecule has 0 saturated heterocycles. The van der Waals surface area contributed by atoms with E-state index in [1.54, 1.807) is 13.8 Å². The molecule has 0 heterocycles. The summed E-state index contributed by atoms with van der Waals surface area (Å²) >= 11 is 0. The first kappa shape index (κ1) is 22.4. The molecule has 138 valence electrons. The quantitative estimate of drug-likeness (QED) is 0.711. The summed E-state index contributed by atoms with van der Waals surface area (Å²) in [4.78, 5) is 12.0. The lowest BCUT2D eigenvalue weighted by Crippen LogP contribution is -2.49. The number of nitrogens with one attached hydrogen (secondary N) is 1. The van der Waals surface area contributed by atoms with Crippen molar-refractivity contribution in [2.24, 2.45) is 0 Å². The van der Waals surface area contributed by atoms with Gasteiger partial charge in [0.05, 0.1) is 18.2 Å². The van der Waals surface area contributed by atoms with Crippen molar-refractivity contribution in [2.45, 2.75) is 97.2 Å². The zero-order valence-electron chi connectivity index (χ0n) is 16.7. The van der Waals surface area contributed by atoms with Crippen molar-refractivity contribution in [3.63, 3.8) is 0 Å². The number of alkyl carbamates (subject to hydrolysis) is 1. The van der Waals surface area contributed by atoms with Crippen molar-refractivity contribution in [1.29, 1.82) is 0 Å². The third-order valence-corrected chi connectivity index (χ3v) is 8.42. The zero-order chi connectivity index (χ0) is 18.7. The summed E-state index contributed by atoms with van der Waals surface area (Å²) in [6.07, 6.45) is -0.0773. The minimum atomic E-state index is -1.91. The normalized spacial score (nSPS) is 15.3. The summed E-state index contributed by atoms with van der Waals surface area (Å²) in [6, 6.07) is -0.293. The fraction of sp³-hybridized carbons (Fsp3) is 0.941. The van der Waals surface area contributed by atoms with Crippen molar-refractivity contribution in [3.8, 4) is 0 Å². The highest BCUT2D eigenvalue weighted by Crippen LogP contribution is 2.36. The van der Waals surface area contributed by atoms with Crippen LogP contribution in [0.4, 0.5) is 4.79 Å². The van der Waals surface area contributed by atoms with Crippen molar-refractivity contribution >= 4 is 14.4 Å². The van der Waals surface area contributed by atoms with Gasteiger partial charge < -0.3 is 19.6 Å². The number of aliphatic hydroxyl groups is 1. The van der Waals surface area contributed by atoms with E-state index >= 15 is 0 Å². The zero-order valence-corrected chi connectivity index (χ0v) is 17.7. The topological polar surface area (TPSA) is 67.8 Å². The van der Waals surface area contributed by atoms with Gasteiger partial charge in [-0.25, -0.2) is 4.79 Å². The van der Waals surface area contributed by atoms with Crippen molar-refractivity contribution in [3.05, 3.63) is 0 Å². The number of carbonyl (C=O) groups is 1. The van der Waals surface area contributed by atoms with Gasteiger partial charge in [-0.2, -0.15) is 0 Å². The molecule has 0 radical (unpaired) electrons. The van der Waals surface area contributed by atoms with E-state index in [-0.39, 0.29) is 11.1 Å². The Kier molecular flexibility index (Phi) is 7.34. The average Bonchev–Trinajstić information content (AvgIpc) is 2.19. The number of rotatable bonds is 6. The SMILES string of the molecule is CC(C)(O)C[C@@H](CO[Si](C)(C)C(C)(C)C)NC(=O)OC(C)(C)C. The molecule has 0 rings (SSSR count). The molecule has 1 amide bonds. The first-order valence-electron chi connectivity index (χ1n) is 8.29. The second-order valence-electron chi connectivity index (χ2n) is 9.43. The number of carbonyl (C=O) groups excluding carboxylic acids is 1. The number of hydrogen-bond donors (Lipinski definition) is 2. The van der Waals surface area contributed by atoms with Gasteiger partial charge in [-0.05, 0) is 59.2 Å². The van der Waals surface area contributed by atoms with Crippen LogP contribution < -0.4 is 5.32 Å². The molecule has 5 nitrogen and oxygen atoms in total. The maximum atomic E-state index is 12.0. The Labute approximate surface area is 143 Å². The Morgan fingerprint density at radius 2 is 1.57 bits per heavy atom. The summed E-state index contributed by atoms with van der Waals surface area (Å²) in [5, 5.41) is 13.0. The summed E-state index contributed by atoms with van der Waals surface area (Å²) in [6.45, 7) is 20.1. The van der Waals surface area contributed by atoms with Gasteiger partial charge in [0.25, 0.3) is 0 Å². The van der Waals surface area contributed by atoms with E-state index in [0.29, 0.717) is 13.0 Å². The van der Waals surface area contributed by atoms with Crippen LogP contribution in [0.15, 0.2) is 0 Å². The van der Waals surface area contributed by atoms with Gasteiger partial charge in [0.15, 0.2) is 8.32 Å². The Hall–Kier alpha value is -0.593. The van der Waals surface area contributed by atoms with Crippen LogP contribution in [-0.2, 0) is 9.16 Å². The summed E-state index contributed by atoms with van der Waals surface area (Å²) in [5.41, 5.74) is -1.44. The van der Waals surface area contributed by atoms with Gasteiger partial charge >= 0.3 is 6.09 Å². The standard InChI is InChI=1S/C17H37NO4Si/c1-15(2,3)22-14(19)18-13(11-17(7,8)20)12-21-23(9,10)16(4,5)6/h13,20H,11-12H2,1-10H3,(H,18,19)/t13-/m0/s1. The van der Waals surface area contributed by atoms with Gasteiger partial charge in [0.2, 0.25) is 0 Å². The first-order chi connectivity index (χ1) is 9.93. The van der Waals surface area contributed by atoms with E-state index in [9.17, 15) is 9.90 Å². The Morgan fingerprint density at radius 1 is 1.09 bits per heavy atom. The van der Waals surface area contributed by atoms with Gasteiger partial charge in [-0.3, -0.25) is 0 Å². The van der Waals surface area contributed by atoms with Crippen LogP contribution in [0.3, 0.4) is 0 Å². The Balaban J connectivity index is 4.87. The molecule has 0 aliphatic carbocycles. The summed E-state index contributed by atoms with van der Waals surface area (Å²) in [7, 11) is -1.91. The third kappa shape index (κ3) is 9.99. The van der Waals surface area contributed by atoms with Gasteiger partial charge in [-0.1, -0.05) is 20.8 Å². The van der Waals surface area contributed by atoms with E-state index in [2.05, 4.69) is 39.2 Å². The van der Waals surface area contributed by atoms with Gasteiger partial charge in [-0.15, -0.1) is 0 Å². The fourth-order valence-electron chi connectivity index (χ4n) is 1.75. The maximum Gasteiger partial charge on any atom is 0.407 e. The maximum absolute atomic E-state index is 12.0. The number of ether oxygens (including phenoxy) is 1. The van der Waals surface area contributed by atoms with Crippen molar-refractivity contribution in [2.75, 3.05) is 6.61 Å².